The van der Waals surface area contributed by atoms with E-state index in [1.165, 1.54) is 13.3 Å². The number of nitrogen functional groups attached to an aromatic ring is 1. The maximum absolute atomic E-state index is 14.1. The second-order valence-corrected chi connectivity index (χ2v) is 18.8. The Balaban J connectivity index is 0.828. The molecule has 2 fully saturated rings. The van der Waals surface area contributed by atoms with Gasteiger partial charge in [0, 0.05) is 67.7 Å². The summed E-state index contributed by atoms with van der Waals surface area (Å²) in [4.78, 5) is 144. The number of H-pyrrole nitrogens is 1. The molecule has 3 unspecified atom stereocenters. The Hall–Kier alpha value is -7.73. The number of hydrogen-bond acceptors (Lipinski definition) is 18. The van der Waals surface area contributed by atoms with Gasteiger partial charge in [0.2, 0.25) is 17.6 Å². The lowest BCUT2D eigenvalue weighted by Gasteiger charge is -2.39. The number of anilines is 1. The van der Waals surface area contributed by atoms with E-state index in [0.717, 1.165) is 5.56 Å². The van der Waals surface area contributed by atoms with Gasteiger partial charge in [0.15, 0.2) is 28.5 Å². The normalized spacial score (nSPS) is 21.0. The van der Waals surface area contributed by atoms with E-state index in [9.17, 15) is 63.3 Å². The maximum Gasteiger partial charge on any atom is 0.404 e. The first-order valence-corrected chi connectivity index (χ1v) is 23.9. The molecule has 3 aromatic rings. The van der Waals surface area contributed by atoms with Crippen molar-refractivity contribution in [3.05, 3.63) is 80.1 Å². The van der Waals surface area contributed by atoms with Crippen molar-refractivity contribution in [2.24, 2.45) is 23.5 Å². The van der Waals surface area contributed by atoms with Crippen molar-refractivity contribution in [3.8, 4) is 0 Å². The highest BCUT2D eigenvalue weighted by Crippen LogP contribution is 2.56. The van der Waals surface area contributed by atoms with Crippen LogP contribution in [-0.2, 0) is 55.9 Å². The van der Waals surface area contributed by atoms with E-state index in [4.69, 9.17) is 20.9 Å². The molecule has 5 heterocycles. The number of primary amides is 1. The van der Waals surface area contributed by atoms with Crippen molar-refractivity contribution in [1.82, 2.24) is 35.5 Å². The van der Waals surface area contributed by atoms with Gasteiger partial charge in [-0.15, -0.1) is 0 Å². The minimum atomic E-state index is -1.54. The number of allylic oxidation sites excluding steroid dienone is 2. The average molecular weight is 1010 g/mol. The van der Waals surface area contributed by atoms with E-state index < -0.39 is 95.8 Å². The van der Waals surface area contributed by atoms with Crippen LogP contribution in [0.2, 0.25) is 0 Å². The summed E-state index contributed by atoms with van der Waals surface area (Å²) in [6.45, 7) is 1.74. The number of aliphatic carboxylic acids is 3. The van der Waals surface area contributed by atoms with Crippen molar-refractivity contribution >= 4 is 70.2 Å². The highest BCUT2D eigenvalue weighted by Gasteiger charge is 2.72. The number of ether oxygens (including phenoxy) is 2. The van der Waals surface area contributed by atoms with Crippen molar-refractivity contribution in [2.45, 2.75) is 114 Å². The van der Waals surface area contributed by atoms with Gasteiger partial charge in [-0.05, 0) is 57.4 Å². The fraction of sp³-hybridized carbons (Fsp3) is 0.490. The van der Waals surface area contributed by atoms with Crippen molar-refractivity contribution < 1.29 is 67.9 Å². The van der Waals surface area contributed by atoms with Crippen LogP contribution in [0.1, 0.15) is 99.2 Å². The molecule has 2 saturated heterocycles. The van der Waals surface area contributed by atoms with Gasteiger partial charge in [0.1, 0.15) is 18.4 Å². The third kappa shape index (κ3) is 11.6. The largest absolute Gasteiger partial charge is 0.481 e. The van der Waals surface area contributed by atoms with Crippen LogP contribution in [0.4, 0.5) is 10.7 Å². The van der Waals surface area contributed by atoms with Crippen molar-refractivity contribution in [1.29, 1.82) is 0 Å². The van der Waals surface area contributed by atoms with Crippen LogP contribution in [-0.4, -0.2) is 137 Å². The molecule has 0 bridgehead atoms. The lowest BCUT2D eigenvalue weighted by atomic mass is 9.79. The number of unbranched alkanes of at least 4 members (excludes halogenated alkanes) is 2. The molecule has 3 aliphatic heterocycles. The molecule has 1 aromatic carbocycles. The zero-order valence-electron chi connectivity index (χ0n) is 40.1. The van der Waals surface area contributed by atoms with Crippen LogP contribution >= 0.6 is 0 Å². The molecule has 388 valence electrons. The molecule has 10 N–H and O–H groups in total. The van der Waals surface area contributed by atoms with Crippen LogP contribution in [0, 0.1) is 17.8 Å². The molecule has 7 rings (SSSR count). The molecule has 7 atom stereocenters. The number of carbonyl (C=O) groups is 9. The van der Waals surface area contributed by atoms with Crippen LogP contribution in [0.3, 0.4) is 0 Å². The van der Waals surface area contributed by atoms with Crippen LogP contribution < -0.4 is 27.7 Å². The predicted octanol–water partition coefficient (Wildman–Crippen LogP) is 1.54. The maximum atomic E-state index is 14.1. The lowest BCUT2D eigenvalue weighted by Crippen LogP contribution is -2.55. The topological polar surface area (TPSA) is 394 Å². The fourth-order valence-electron chi connectivity index (χ4n) is 10.2. The van der Waals surface area contributed by atoms with Gasteiger partial charge in [0.25, 0.3) is 5.56 Å². The second kappa shape index (κ2) is 22.4. The number of nitrogens with zero attached hydrogens (tertiary/aromatic N) is 4. The van der Waals surface area contributed by atoms with E-state index in [1.54, 1.807) is 36.1 Å². The highest BCUT2D eigenvalue weighted by molar-refractivity contribution is 6.25. The number of aromatic nitrogens is 4. The monoisotopic (exact) mass is 1010 g/mol. The Morgan fingerprint density at radius 1 is 0.877 bits per heavy atom. The molecule has 24 heteroatoms. The number of methoxy groups -OCH3 is 1. The summed E-state index contributed by atoms with van der Waals surface area (Å²) >= 11 is 0. The van der Waals surface area contributed by atoms with E-state index in [0.29, 0.717) is 49.9 Å². The van der Waals surface area contributed by atoms with Gasteiger partial charge >= 0.3 is 24.0 Å². The minimum absolute atomic E-state index is 0.0387. The summed E-state index contributed by atoms with van der Waals surface area (Å²) in [5, 5.41) is 35.2. The molecule has 73 heavy (non-hydrogen) atoms. The number of aryl methyl sites for hydroxylation is 2. The van der Waals surface area contributed by atoms with Crippen LogP contribution in [0.25, 0.3) is 11.2 Å². The number of piperazine rings is 1. The SMILES string of the molecule is CO[C@@]12[C@H](COC(N)=O)C3=C(C(=O)C(C)=C(CCCCCC(CC(=O)CCC(NC(=O)CCC(CC(=O)c4ccc(CCc5cnc6nc(N)[nH]c(=O)c6n5)cc4)C(=O)O)C(=O)O)C(=O)O)C3=O)N1C[C@@H]1N[C@@H]12. The summed E-state index contributed by atoms with van der Waals surface area (Å²) in [7, 11) is 1.48. The number of carboxylic acid groups (broad SMARTS) is 3. The zero-order valence-corrected chi connectivity index (χ0v) is 40.1. The molecular weight excluding hydrogens is 955 g/mol. The number of nitrogens with two attached hydrogens (primary N) is 2. The Kier molecular flexibility index (Phi) is 16.3. The number of carbonyl (C=O) groups excluding carboxylic acids is 6. The van der Waals surface area contributed by atoms with Crippen LogP contribution in [0.5, 0.6) is 0 Å². The van der Waals surface area contributed by atoms with Gasteiger partial charge < -0.3 is 51.8 Å². The van der Waals surface area contributed by atoms with Gasteiger partial charge in [-0.1, -0.05) is 37.1 Å². The zero-order chi connectivity index (χ0) is 52.9. The number of benzene rings is 1. The second-order valence-electron chi connectivity index (χ2n) is 18.8. The number of amides is 2. The van der Waals surface area contributed by atoms with Crippen molar-refractivity contribution in [2.75, 3.05) is 26.0 Å². The summed E-state index contributed by atoms with van der Waals surface area (Å²) in [5.74, 6) is -9.79. The molecule has 0 spiro atoms. The molecule has 4 aliphatic rings. The molecular formula is C49H57N9O15. The third-order valence-corrected chi connectivity index (χ3v) is 14.1. The molecule has 1 aliphatic carbocycles. The van der Waals surface area contributed by atoms with Gasteiger partial charge in [-0.25, -0.2) is 19.6 Å². The fourth-order valence-corrected chi connectivity index (χ4v) is 10.2. The minimum Gasteiger partial charge on any atom is -0.481 e. The molecule has 0 radical (unpaired) electrons. The first-order chi connectivity index (χ1) is 34.7. The summed E-state index contributed by atoms with van der Waals surface area (Å²) in [6.07, 6.45) is 0.544. The number of aromatic amines is 1. The van der Waals surface area contributed by atoms with Gasteiger partial charge in [-0.2, -0.15) is 4.98 Å². The summed E-state index contributed by atoms with van der Waals surface area (Å²) < 4.78 is 11.2. The van der Waals surface area contributed by atoms with Gasteiger partial charge in [-0.3, -0.25) is 43.3 Å². The summed E-state index contributed by atoms with van der Waals surface area (Å²) in [6, 6.07) is 4.78. The quantitative estimate of drug-likeness (QED) is 0.0232. The molecule has 2 aromatic heterocycles. The number of Topliss-reactive ketones (excluding diaryl/α,β-unsaturated/α-hetero) is 4. The molecule has 0 saturated carbocycles. The van der Waals surface area contributed by atoms with E-state index >= 15 is 0 Å². The average Bonchev–Trinajstić information content (AvgIpc) is 3.96. The Labute approximate surface area is 416 Å². The molecule has 2 amide bonds. The Morgan fingerprint density at radius 2 is 1.59 bits per heavy atom. The molecule has 24 nitrogen and oxygen atoms in total. The number of hydrogen-bond donors (Lipinski definition) is 8. The number of fused-ring (bicyclic) bond motifs is 5. The van der Waals surface area contributed by atoms with Crippen molar-refractivity contribution in [3.63, 3.8) is 0 Å². The standard InChI is InChI=1S/C49H57N9O15/c1-23-30(40(63)36-31(22-73-48(51)71)49(72-2)41-33(55-41)21-58(49)38(36)39(23)62)7-5-3-4-6-26(44(65)66)18-29(59)15-16-32(46(69)70)54-35(61)17-13-27(45(67)68)19-34(60)25-11-8-24(9-12-25)10-14-28-20-52-42-37(53-28)43(64)57-47(50)56-42/h8-9,11-12,20,26-27,31-33,41,55H,3-7,10,13-19,21-22H2,1-2H3,(H2,51,71)(H,54,61)(H,65,66)(H,67,68)(H,69,70)(H3,50,52,56,57,64)/t26?,27?,31-,32?,33+,41+,49-/m1/s1. The smallest absolute Gasteiger partial charge is 0.404 e. The first-order valence-electron chi connectivity index (χ1n) is 23.9. The van der Waals surface area contributed by atoms with E-state index in [1.807, 2.05) is 0 Å². The predicted molar refractivity (Wildman–Crippen MR) is 254 cm³/mol. The Bertz CT molecular complexity index is 2880. The van der Waals surface area contributed by atoms with E-state index in [-0.39, 0.29) is 102 Å². The summed E-state index contributed by atoms with van der Waals surface area (Å²) in [5.41, 5.74) is 12.0. The number of carboxylic acids is 3. The first kappa shape index (κ1) is 53.1. The van der Waals surface area contributed by atoms with E-state index in [2.05, 4.69) is 30.6 Å². The van der Waals surface area contributed by atoms with Gasteiger partial charge in [0.05, 0.1) is 41.4 Å². The lowest BCUT2D eigenvalue weighted by molar-refractivity contribution is -0.144. The van der Waals surface area contributed by atoms with Crippen LogP contribution in [0.15, 0.2) is 57.7 Å². The number of rotatable bonds is 27. The highest BCUT2D eigenvalue weighted by atomic mass is 16.6. The number of nitrogens with one attached hydrogen (secondary N) is 3. The third-order valence-electron chi connectivity index (χ3n) is 14.1. The Morgan fingerprint density at radius 3 is 2.26 bits per heavy atom. The number of ketones is 4.